The first-order chi connectivity index (χ1) is 15.2. The number of hydrogen-bond donors (Lipinski definition) is 0. The second-order valence-corrected chi connectivity index (χ2v) is 9.12. The number of amides is 1. The highest BCUT2D eigenvalue weighted by Crippen LogP contribution is 2.35. The van der Waals surface area contributed by atoms with Gasteiger partial charge in [-0.2, -0.15) is 0 Å². The zero-order valence-corrected chi connectivity index (χ0v) is 21.3. The predicted octanol–water partition coefficient (Wildman–Crippen LogP) is 4.89. The lowest BCUT2D eigenvalue weighted by Gasteiger charge is -2.25. The van der Waals surface area contributed by atoms with E-state index in [0.29, 0.717) is 13.1 Å². The van der Waals surface area contributed by atoms with Crippen molar-refractivity contribution < 1.29 is 23.9 Å². The van der Waals surface area contributed by atoms with Crippen LogP contribution in [0.3, 0.4) is 0 Å². The highest BCUT2D eigenvalue weighted by molar-refractivity contribution is 9.09. The van der Waals surface area contributed by atoms with Gasteiger partial charge in [-0.05, 0) is 12.5 Å². The first-order valence-electron chi connectivity index (χ1n) is 9.60. The number of likely N-dealkylation sites (N-methyl/N-ethyl adjacent to an activating group) is 1. The highest BCUT2D eigenvalue weighted by atomic mass is 79.9. The average Bonchev–Trinajstić information content (AvgIpc) is 3.09. The van der Waals surface area contributed by atoms with Gasteiger partial charge in [-0.3, -0.25) is 9.59 Å². The third-order valence-electron chi connectivity index (χ3n) is 4.52. The number of benzene rings is 1. The Morgan fingerprint density at radius 3 is 2.34 bits per heavy atom. The topological polar surface area (TPSA) is 77.8 Å². The van der Waals surface area contributed by atoms with Crippen LogP contribution in [0.1, 0.15) is 43.8 Å². The first kappa shape index (κ1) is 26.5. The Morgan fingerprint density at radius 1 is 1.16 bits per heavy atom. The van der Waals surface area contributed by atoms with E-state index in [-0.39, 0.29) is 52.9 Å². The van der Waals surface area contributed by atoms with Crippen molar-refractivity contribution in [3.63, 3.8) is 0 Å². The van der Waals surface area contributed by atoms with Crippen LogP contribution in [0, 0.1) is 0 Å². The van der Waals surface area contributed by atoms with Crippen molar-refractivity contribution in [3.05, 3.63) is 52.8 Å². The van der Waals surface area contributed by atoms with Gasteiger partial charge in [0.05, 0.1) is 11.9 Å². The van der Waals surface area contributed by atoms with Crippen molar-refractivity contribution >= 4 is 68.4 Å². The van der Waals surface area contributed by atoms with Crippen molar-refractivity contribution in [2.24, 2.45) is 0 Å². The van der Waals surface area contributed by atoms with Crippen molar-refractivity contribution in [2.45, 2.75) is 24.4 Å². The number of rotatable bonds is 7. The number of Topliss-reactive ketones (excluding diaryl/α,β-unsaturated/α-hetero) is 1. The van der Waals surface area contributed by atoms with Crippen LogP contribution in [0.15, 0.2) is 30.3 Å². The molecule has 0 saturated carbocycles. The summed E-state index contributed by atoms with van der Waals surface area (Å²) < 4.78 is 11.9. The minimum absolute atomic E-state index is 0.0147. The fraction of sp³-hybridized carbons (Fsp3) is 0.381. The Bertz CT molecular complexity index is 963. The number of aromatic nitrogens is 1. The first-order valence-corrected chi connectivity index (χ1v) is 12.0. The lowest BCUT2D eigenvalue weighted by molar-refractivity contribution is 0.0518. The summed E-state index contributed by atoms with van der Waals surface area (Å²) in [5.74, 6) is -1.18. The maximum Gasteiger partial charge on any atom is 0.344 e. The number of esters is 1. The summed E-state index contributed by atoms with van der Waals surface area (Å²) in [5.41, 5.74) is 1.25. The largest absolute Gasteiger partial charge is 0.485 e. The molecule has 2 aromatic rings. The lowest BCUT2D eigenvalue weighted by atomic mass is 10.1. The van der Waals surface area contributed by atoms with Crippen LogP contribution < -0.4 is 4.74 Å². The van der Waals surface area contributed by atoms with Gasteiger partial charge in [0.25, 0.3) is 5.91 Å². The van der Waals surface area contributed by atoms with Gasteiger partial charge in [-0.1, -0.05) is 81.1 Å². The van der Waals surface area contributed by atoms with Crippen LogP contribution in [-0.2, 0) is 17.9 Å². The minimum atomic E-state index is -0.750. The minimum Gasteiger partial charge on any atom is -0.485 e. The predicted molar refractivity (Wildman–Crippen MR) is 128 cm³/mol. The molecule has 1 amide bonds. The van der Waals surface area contributed by atoms with Gasteiger partial charge >= 0.3 is 5.97 Å². The maximum absolute atomic E-state index is 12.9. The second-order valence-electron chi connectivity index (χ2n) is 6.58. The number of fused-ring (bicyclic) bond motifs is 1. The van der Waals surface area contributed by atoms with Gasteiger partial charge in [0, 0.05) is 20.1 Å². The third-order valence-corrected chi connectivity index (χ3v) is 5.03. The molecular weight excluding hydrogens is 547 g/mol. The fourth-order valence-corrected chi connectivity index (χ4v) is 3.45. The summed E-state index contributed by atoms with van der Waals surface area (Å²) in [7, 11) is 1.68. The van der Waals surface area contributed by atoms with Crippen molar-refractivity contribution in [3.8, 4) is 5.75 Å². The van der Waals surface area contributed by atoms with E-state index >= 15 is 0 Å². The molecule has 0 bridgehead atoms. The molecule has 0 N–H and O–H groups in total. The molecule has 0 spiro atoms. The summed E-state index contributed by atoms with van der Waals surface area (Å²) >= 11 is 17.6. The smallest absolute Gasteiger partial charge is 0.344 e. The van der Waals surface area contributed by atoms with Crippen molar-refractivity contribution in [2.75, 3.05) is 25.5 Å². The second kappa shape index (κ2) is 12.5. The maximum atomic E-state index is 12.9. The van der Waals surface area contributed by atoms with E-state index in [4.69, 9.17) is 44.3 Å². The van der Waals surface area contributed by atoms with Crippen LogP contribution in [0.25, 0.3) is 0 Å². The van der Waals surface area contributed by atoms with E-state index in [1.165, 1.54) is 0 Å². The van der Waals surface area contributed by atoms with Crippen LogP contribution in [-0.4, -0.2) is 57.0 Å². The van der Waals surface area contributed by atoms with Gasteiger partial charge in [0.2, 0.25) is 0 Å². The zero-order valence-electron chi connectivity index (χ0n) is 17.4. The molecule has 0 fully saturated rings. The fourth-order valence-electron chi connectivity index (χ4n) is 3.18. The van der Waals surface area contributed by atoms with Crippen LogP contribution in [0.4, 0.5) is 0 Å². The Hall–Kier alpha value is -1.74. The highest BCUT2D eigenvalue weighted by Gasteiger charge is 2.38. The Balaban J connectivity index is 0.000000837. The lowest BCUT2D eigenvalue weighted by Crippen LogP contribution is -2.38. The molecule has 1 aliphatic heterocycles. The van der Waals surface area contributed by atoms with Crippen LogP contribution in [0.2, 0.25) is 0 Å². The Morgan fingerprint density at radius 2 is 1.78 bits per heavy atom. The molecular formula is C21H22BrCl3N2O5. The Kier molecular flexibility index (Phi) is 10.3. The van der Waals surface area contributed by atoms with E-state index < -0.39 is 10.3 Å². The summed E-state index contributed by atoms with van der Waals surface area (Å²) in [4.78, 5) is 39.8. The molecule has 0 aliphatic carbocycles. The van der Waals surface area contributed by atoms with Gasteiger partial charge < -0.3 is 18.9 Å². The molecule has 0 unspecified atom stereocenters. The molecule has 174 valence electrons. The third kappa shape index (κ3) is 6.41. The van der Waals surface area contributed by atoms with E-state index in [9.17, 15) is 14.4 Å². The molecule has 0 radical (unpaired) electrons. The number of halogens is 4. The number of ether oxygens (including phenoxy) is 2. The summed E-state index contributed by atoms with van der Waals surface area (Å²) in [6, 6.07) is 9.40. The SMILES string of the molecule is CCOC(=O)c1c(OCc2ccccc2)c2n(c1C(=O)CBr)CCN(C)C2=O.ClC(Cl)Cl. The molecule has 0 saturated heterocycles. The van der Waals surface area contributed by atoms with Gasteiger partial charge in [-0.25, -0.2) is 4.79 Å². The van der Waals surface area contributed by atoms with Gasteiger partial charge in [0.1, 0.15) is 17.9 Å². The molecule has 7 nitrogen and oxygen atoms in total. The summed E-state index contributed by atoms with van der Waals surface area (Å²) in [5, 5.41) is 0.0189. The van der Waals surface area contributed by atoms with Gasteiger partial charge in [0.15, 0.2) is 21.5 Å². The standard InChI is InChI=1S/C20H21BrN2O5.CHCl3/c1-3-27-20(26)15-16(14(24)11-21)23-10-9-22(2)19(25)17(23)18(15)28-12-13-7-5-4-6-8-13;2-1(3)4/h4-8H,3,9-12H2,1-2H3;1H. The quantitative estimate of drug-likeness (QED) is 0.270. The number of nitrogens with zero attached hydrogens (tertiary/aromatic N) is 2. The number of alkyl halides is 4. The summed E-state index contributed by atoms with van der Waals surface area (Å²) in [6.45, 7) is 2.82. The number of carbonyl (C=O) groups is 3. The molecule has 1 aliphatic rings. The van der Waals surface area contributed by atoms with Crippen molar-refractivity contribution in [1.29, 1.82) is 0 Å². The summed E-state index contributed by atoms with van der Waals surface area (Å²) in [6.07, 6.45) is 0. The zero-order chi connectivity index (χ0) is 23.8. The van der Waals surface area contributed by atoms with Crippen LogP contribution in [0.5, 0.6) is 5.75 Å². The van der Waals surface area contributed by atoms with E-state index in [0.717, 1.165) is 5.56 Å². The van der Waals surface area contributed by atoms with Crippen molar-refractivity contribution in [1.82, 2.24) is 9.47 Å². The normalized spacial score (nSPS) is 12.7. The molecule has 1 aromatic carbocycles. The molecule has 2 heterocycles. The molecule has 1 aromatic heterocycles. The van der Waals surface area contributed by atoms with Crippen LogP contribution >= 0.6 is 50.7 Å². The number of ketones is 1. The van der Waals surface area contributed by atoms with Gasteiger partial charge in [-0.15, -0.1) is 0 Å². The monoisotopic (exact) mass is 566 g/mol. The van der Waals surface area contributed by atoms with E-state index in [2.05, 4.69) is 15.9 Å². The molecule has 3 rings (SSSR count). The van der Waals surface area contributed by atoms with E-state index in [1.807, 2.05) is 30.3 Å². The molecule has 0 atom stereocenters. The average molecular weight is 569 g/mol. The Labute approximate surface area is 209 Å². The molecule has 11 heteroatoms. The molecule has 32 heavy (non-hydrogen) atoms. The number of hydrogen-bond acceptors (Lipinski definition) is 5. The van der Waals surface area contributed by atoms with E-state index in [1.54, 1.807) is 23.4 Å². The number of carbonyl (C=O) groups excluding carboxylic acids is 3.